The highest BCUT2D eigenvalue weighted by molar-refractivity contribution is 5.75. The van der Waals surface area contributed by atoms with Crippen molar-refractivity contribution < 1.29 is 9.28 Å². The molecular formula is C9H18NO+. The van der Waals surface area contributed by atoms with Crippen LogP contribution in [0.4, 0.5) is 0 Å². The van der Waals surface area contributed by atoms with E-state index in [-0.39, 0.29) is 0 Å². The zero-order valence-corrected chi connectivity index (χ0v) is 7.76. The number of Topliss-reactive ketones (excluding diaryl/α,β-unsaturated/α-hetero) is 1. The van der Waals surface area contributed by atoms with Gasteiger partial charge in [0.05, 0.1) is 27.2 Å². The van der Waals surface area contributed by atoms with E-state index in [0.29, 0.717) is 11.7 Å². The summed E-state index contributed by atoms with van der Waals surface area (Å²) in [6, 6.07) is 0. The summed E-state index contributed by atoms with van der Waals surface area (Å²) in [5, 5.41) is 0. The fourth-order valence-corrected chi connectivity index (χ4v) is 1.99. The van der Waals surface area contributed by atoms with Gasteiger partial charge in [0.2, 0.25) is 0 Å². The summed E-state index contributed by atoms with van der Waals surface area (Å²) >= 11 is 0. The molecule has 1 unspecified atom stereocenters. The predicted molar refractivity (Wildman–Crippen MR) is 45.2 cm³/mol. The summed E-state index contributed by atoms with van der Waals surface area (Å²) in [6.45, 7) is 4.11. The quantitative estimate of drug-likeness (QED) is 0.546. The van der Waals surface area contributed by atoms with Gasteiger partial charge in [0.15, 0.2) is 0 Å². The Hall–Kier alpha value is -0.370. The van der Waals surface area contributed by atoms with E-state index in [1.54, 1.807) is 6.92 Å². The number of rotatable bonds is 2. The first kappa shape index (κ1) is 8.72. The van der Waals surface area contributed by atoms with Gasteiger partial charge in [0.25, 0.3) is 0 Å². The number of nitrogens with zero attached hydrogens (tertiary/aromatic N) is 1. The second-order valence-corrected chi connectivity index (χ2v) is 4.40. The van der Waals surface area contributed by atoms with E-state index in [1.165, 1.54) is 19.5 Å². The predicted octanol–water partition coefficient (Wildman–Crippen LogP) is 1.06. The van der Waals surface area contributed by atoms with Crippen LogP contribution < -0.4 is 0 Å². The van der Waals surface area contributed by atoms with Crippen LogP contribution in [-0.4, -0.2) is 37.5 Å². The van der Waals surface area contributed by atoms with Crippen LogP contribution in [0.15, 0.2) is 0 Å². The summed E-state index contributed by atoms with van der Waals surface area (Å²) in [5.74, 6) is 0.999. The number of quaternary nitrogens is 1. The Morgan fingerprint density at radius 2 is 2.18 bits per heavy atom. The average molecular weight is 156 g/mol. The number of carbonyl (C=O) groups excluding carboxylic acids is 1. The van der Waals surface area contributed by atoms with Gasteiger partial charge in [-0.1, -0.05) is 0 Å². The Kier molecular flexibility index (Phi) is 2.33. The molecule has 0 amide bonds. The fraction of sp³-hybridized carbons (Fsp3) is 0.889. The molecule has 0 aliphatic carbocycles. The Labute approximate surface area is 68.8 Å². The van der Waals surface area contributed by atoms with Gasteiger partial charge in [-0.25, -0.2) is 0 Å². The highest BCUT2D eigenvalue weighted by Gasteiger charge is 2.30. The van der Waals surface area contributed by atoms with E-state index < -0.39 is 0 Å². The molecule has 1 rings (SSSR count). The lowest BCUT2D eigenvalue weighted by Gasteiger charge is -2.23. The maximum atomic E-state index is 10.8. The lowest BCUT2D eigenvalue weighted by atomic mass is 10.0. The number of hydrogen-bond acceptors (Lipinski definition) is 1. The highest BCUT2D eigenvalue weighted by atomic mass is 16.1. The van der Waals surface area contributed by atoms with E-state index >= 15 is 0 Å². The van der Waals surface area contributed by atoms with Gasteiger partial charge in [-0.15, -0.1) is 0 Å². The summed E-state index contributed by atoms with van der Waals surface area (Å²) < 4.78 is 1.10. The van der Waals surface area contributed by atoms with Crippen LogP contribution in [0, 0.1) is 5.92 Å². The van der Waals surface area contributed by atoms with Crippen LogP contribution in [0.2, 0.25) is 0 Å². The summed E-state index contributed by atoms with van der Waals surface area (Å²) in [7, 11) is 4.47. The monoisotopic (exact) mass is 156 g/mol. The maximum Gasteiger partial charge on any atom is 0.130 e. The van der Waals surface area contributed by atoms with Crippen molar-refractivity contribution in [1.82, 2.24) is 0 Å². The average Bonchev–Trinajstić information content (AvgIpc) is 2.08. The molecule has 2 nitrogen and oxygen atoms in total. The van der Waals surface area contributed by atoms with Crippen LogP contribution in [0.3, 0.4) is 0 Å². The molecular weight excluding hydrogens is 138 g/mol. The summed E-state index contributed by atoms with van der Waals surface area (Å²) in [4.78, 5) is 10.8. The van der Waals surface area contributed by atoms with Gasteiger partial charge in [0, 0.05) is 18.8 Å². The molecule has 1 heterocycles. The molecule has 1 atom stereocenters. The van der Waals surface area contributed by atoms with Gasteiger partial charge in [0.1, 0.15) is 5.78 Å². The molecule has 64 valence electrons. The molecule has 0 aromatic rings. The topological polar surface area (TPSA) is 17.1 Å². The molecule has 0 aromatic carbocycles. The Morgan fingerprint density at radius 1 is 1.55 bits per heavy atom. The van der Waals surface area contributed by atoms with E-state index in [2.05, 4.69) is 14.1 Å². The highest BCUT2D eigenvalue weighted by Crippen LogP contribution is 2.22. The molecule has 11 heavy (non-hydrogen) atoms. The number of hydrogen-bond donors (Lipinski definition) is 0. The van der Waals surface area contributed by atoms with Crippen LogP contribution in [0.5, 0.6) is 0 Å². The second-order valence-electron chi connectivity index (χ2n) is 4.40. The van der Waals surface area contributed by atoms with Crippen molar-refractivity contribution in [3.8, 4) is 0 Å². The molecule has 0 bridgehead atoms. The standard InChI is InChI=1S/C9H18NO/c1-8(11)6-9-4-5-10(2,3)7-9/h9H,4-7H2,1-3H3/q+1. The van der Waals surface area contributed by atoms with Gasteiger partial charge < -0.3 is 9.28 Å². The molecule has 1 fully saturated rings. The minimum Gasteiger partial charge on any atom is -0.328 e. The van der Waals surface area contributed by atoms with E-state index in [1.807, 2.05) is 0 Å². The molecule has 0 aromatic heterocycles. The fourth-order valence-electron chi connectivity index (χ4n) is 1.99. The van der Waals surface area contributed by atoms with Gasteiger partial charge >= 0.3 is 0 Å². The first-order chi connectivity index (χ1) is 4.99. The molecule has 2 heteroatoms. The largest absolute Gasteiger partial charge is 0.328 e. The van der Waals surface area contributed by atoms with Crippen molar-refractivity contribution in [2.24, 2.45) is 5.92 Å². The Bertz CT molecular complexity index is 163. The van der Waals surface area contributed by atoms with Gasteiger partial charge in [-0.2, -0.15) is 0 Å². The van der Waals surface area contributed by atoms with Crippen molar-refractivity contribution >= 4 is 5.78 Å². The molecule has 1 aliphatic heterocycles. The molecule has 0 spiro atoms. The second kappa shape index (κ2) is 2.94. The van der Waals surface area contributed by atoms with Gasteiger partial charge in [-0.05, 0) is 6.92 Å². The first-order valence-electron chi connectivity index (χ1n) is 4.31. The van der Waals surface area contributed by atoms with Crippen LogP contribution in [0.25, 0.3) is 0 Å². The van der Waals surface area contributed by atoms with Crippen molar-refractivity contribution in [1.29, 1.82) is 0 Å². The van der Waals surface area contributed by atoms with E-state index in [4.69, 9.17) is 0 Å². The SMILES string of the molecule is CC(=O)CC1CC[N+](C)(C)C1. The third kappa shape index (κ3) is 2.62. The smallest absolute Gasteiger partial charge is 0.130 e. The van der Waals surface area contributed by atoms with Crippen molar-refractivity contribution in [2.75, 3.05) is 27.2 Å². The summed E-state index contributed by atoms with van der Waals surface area (Å²) in [5.41, 5.74) is 0. The van der Waals surface area contributed by atoms with E-state index in [9.17, 15) is 4.79 Å². The molecule has 0 saturated carbocycles. The molecule has 0 N–H and O–H groups in total. The Balaban J connectivity index is 2.36. The minimum atomic E-state index is 0.344. The van der Waals surface area contributed by atoms with Crippen molar-refractivity contribution in [3.63, 3.8) is 0 Å². The lowest BCUT2D eigenvalue weighted by Crippen LogP contribution is -2.36. The molecule has 0 radical (unpaired) electrons. The van der Waals surface area contributed by atoms with Crippen molar-refractivity contribution in [3.05, 3.63) is 0 Å². The lowest BCUT2D eigenvalue weighted by molar-refractivity contribution is -0.879. The first-order valence-corrected chi connectivity index (χ1v) is 4.31. The van der Waals surface area contributed by atoms with Crippen LogP contribution >= 0.6 is 0 Å². The van der Waals surface area contributed by atoms with Gasteiger partial charge in [-0.3, -0.25) is 0 Å². The zero-order chi connectivity index (χ0) is 8.48. The normalized spacial score (nSPS) is 28.8. The molecule has 1 aliphatic rings. The van der Waals surface area contributed by atoms with Crippen molar-refractivity contribution in [2.45, 2.75) is 19.8 Å². The maximum absolute atomic E-state index is 10.8. The third-order valence-electron chi connectivity index (χ3n) is 2.47. The molecule has 1 saturated heterocycles. The number of likely N-dealkylation sites (tertiary alicyclic amines) is 1. The minimum absolute atomic E-state index is 0.344. The van der Waals surface area contributed by atoms with E-state index in [0.717, 1.165) is 10.9 Å². The zero-order valence-electron chi connectivity index (χ0n) is 7.76. The number of carbonyl (C=O) groups is 1. The van der Waals surface area contributed by atoms with Crippen LogP contribution in [-0.2, 0) is 4.79 Å². The van der Waals surface area contributed by atoms with Crippen LogP contribution in [0.1, 0.15) is 19.8 Å². The summed E-state index contributed by atoms with van der Waals surface area (Å²) in [6.07, 6.45) is 2.02. The third-order valence-corrected chi connectivity index (χ3v) is 2.47. The Morgan fingerprint density at radius 3 is 2.55 bits per heavy atom. The number of ketones is 1.